The van der Waals surface area contributed by atoms with E-state index < -0.39 is 5.97 Å². The van der Waals surface area contributed by atoms with Crippen LogP contribution < -0.4 is 0 Å². The number of aromatic amines is 1. The Balaban J connectivity index is 1.64. The summed E-state index contributed by atoms with van der Waals surface area (Å²) in [6.07, 6.45) is 3.06. The summed E-state index contributed by atoms with van der Waals surface area (Å²) in [6, 6.07) is 7.14. The number of nitrogens with zero attached hydrogens (tertiary/aromatic N) is 4. The van der Waals surface area contributed by atoms with Gasteiger partial charge in [0.1, 0.15) is 0 Å². The van der Waals surface area contributed by atoms with Crippen LogP contribution in [0.25, 0.3) is 5.69 Å². The van der Waals surface area contributed by atoms with Gasteiger partial charge in [-0.2, -0.15) is 10.2 Å². The molecule has 2 aromatic heterocycles. The minimum atomic E-state index is -0.478. The van der Waals surface area contributed by atoms with Crippen LogP contribution in [0.5, 0.6) is 0 Å². The fourth-order valence-electron chi connectivity index (χ4n) is 2.08. The van der Waals surface area contributed by atoms with Gasteiger partial charge in [0, 0.05) is 16.6 Å². The Bertz CT molecular complexity index is 877. The molecular weight excluding hydrogens is 342 g/mol. The Morgan fingerprint density at radius 3 is 2.64 bits per heavy atom. The lowest BCUT2D eigenvalue weighted by molar-refractivity contribution is 0.0462. The molecule has 0 atom stereocenters. The summed E-state index contributed by atoms with van der Waals surface area (Å²) in [6.45, 7) is 6.05. The van der Waals surface area contributed by atoms with Crippen LogP contribution in [0.3, 0.4) is 0 Å². The van der Waals surface area contributed by atoms with Gasteiger partial charge in [-0.3, -0.25) is 5.10 Å². The minimum absolute atomic E-state index is 0.0219. The van der Waals surface area contributed by atoms with E-state index in [0.29, 0.717) is 22.2 Å². The summed E-state index contributed by atoms with van der Waals surface area (Å²) in [4.78, 5) is 16.5. The van der Waals surface area contributed by atoms with Gasteiger partial charge in [0.25, 0.3) is 0 Å². The molecule has 3 rings (SSSR count). The van der Waals surface area contributed by atoms with Crippen LogP contribution in [-0.4, -0.2) is 30.9 Å². The van der Waals surface area contributed by atoms with E-state index in [1.165, 1.54) is 6.20 Å². The highest BCUT2D eigenvalue weighted by Crippen LogP contribution is 2.18. The Morgan fingerprint density at radius 2 is 2.00 bits per heavy atom. The van der Waals surface area contributed by atoms with Gasteiger partial charge in [-0.1, -0.05) is 32.4 Å². The van der Waals surface area contributed by atoms with E-state index in [9.17, 15) is 4.79 Å². The first kappa shape index (κ1) is 17.2. The fourth-order valence-corrected chi connectivity index (χ4v) is 2.20. The summed E-state index contributed by atoms with van der Waals surface area (Å²) in [5.74, 6) is 0.700. The maximum atomic E-state index is 12.2. The molecule has 0 radical (unpaired) electrons. The molecule has 0 aliphatic heterocycles. The van der Waals surface area contributed by atoms with Crippen LogP contribution in [0.15, 0.2) is 36.7 Å². The van der Waals surface area contributed by atoms with Gasteiger partial charge in [0.2, 0.25) is 0 Å². The van der Waals surface area contributed by atoms with E-state index in [2.05, 4.69) is 20.3 Å². The average molecular weight is 360 g/mol. The van der Waals surface area contributed by atoms with Crippen molar-refractivity contribution in [1.29, 1.82) is 0 Å². The molecule has 0 fully saturated rings. The molecule has 3 aromatic rings. The first-order valence-electron chi connectivity index (χ1n) is 7.72. The maximum Gasteiger partial charge on any atom is 0.341 e. The zero-order valence-electron chi connectivity index (χ0n) is 14.2. The quantitative estimate of drug-likeness (QED) is 0.722. The third-order valence-corrected chi connectivity index (χ3v) is 3.70. The normalized spacial score (nSPS) is 11.5. The lowest BCUT2D eigenvalue weighted by Gasteiger charge is -2.11. The van der Waals surface area contributed by atoms with Gasteiger partial charge in [-0.15, -0.1) is 0 Å². The number of benzene rings is 1. The molecule has 1 aromatic carbocycles. The second-order valence-corrected chi connectivity index (χ2v) is 7.02. The van der Waals surface area contributed by atoms with Crippen molar-refractivity contribution in [3.63, 3.8) is 0 Å². The number of aromatic nitrogens is 5. The van der Waals surface area contributed by atoms with Gasteiger partial charge in [0.15, 0.2) is 18.3 Å². The van der Waals surface area contributed by atoms with E-state index in [1.807, 2.05) is 32.9 Å². The lowest BCUT2D eigenvalue weighted by Crippen LogP contribution is -2.13. The van der Waals surface area contributed by atoms with E-state index in [-0.39, 0.29) is 12.0 Å². The number of hydrogen-bond acceptors (Lipinski definition) is 5. The number of H-pyrrole nitrogens is 1. The zero-order chi connectivity index (χ0) is 18.0. The molecule has 25 heavy (non-hydrogen) atoms. The van der Waals surface area contributed by atoms with Gasteiger partial charge < -0.3 is 4.74 Å². The van der Waals surface area contributed by atoms with Crippen LogP contribution in [0.4, 0.5) is 0 Å². The molecule has 0 amide bonds. The molecule has 8 heteroatoms. The molecular formula is C17H18ClN5O2. The number of rotatable bonds is 4. The van der Waals surface area contributed by atoms with Crippen molar-refractivity contribution in [2.45, 2.75) is 32.8 Å². The molecule has 0 saturated carbocycles. The van der Waals surface area contributed by atoms with Crippen LogP contribution in [0.2, 0.25) is 5.02 Å². The molecule has 0 aliphatic carbocycles. The summed E-state index contributed by atoms with van der Waals surface area (Å²) < 4.78 is 6.84. The third-order valence-electron chi connectivity index (χ3n) is 3.45. The van der Waals surface area contributed by atoms with Gasteiger partial charge in [-0.25, -0.2) is 14.5 Å². The van der Waals surface area contributed by atoms with Crippen LogP contribution in [0, 0.1) is 0 Å². The molecule has 0 saturated heterocycles. The van der Waals surface area contributed by atoms with E-state index in [1.54, 1.807) is 23.0 Å². The number of nitrogens with one attached hydrogen (secondary N) is 1. The molecule has 0 aliphatic rings. The second kappa shape index (κ2) is 6.68. The van der Waals surface area contributed by atoms with Crippen LogP contribution in [0.1, 0.15) is 42.8 Å². The minimum Gasteiger partial charge on any atom is -0.454 e. The summed E-state index contributed by atoms with van der Waals surface area (Å²) in [5.41, 5.74) is 0.984. The van der Waals surface area contributed by atoms with Gasteiger partial charge >= 0.3 is 5.97 Å². The first-order chi connectivity index (χ1) is 11.8. The highest BCUT2D eigenvalue weighted by molar-refractivity contribution is 6.30. The Labute approximate surface area is 150 Å². The Kier molecular flexibility index (Phi) is 4.59. The highest BCUT2D eigenvalue weighted by Gasteiger charge is 2.20. The number of hydrogen-bond donors (Lipinski definition) is 1. The smallest absolute Gasteiger partial charge is 0.341 e. The summed E-state index contributed by atoms with van der Waals surface area (Å²) in [7, 11) is 0. The monoisotopic (exact) mass is 359 g/mol. The molecule has 0 spiro atoms. The van der Waals surface area contributed by atoms with E-state index in [0.717, 1.165) is 5.69 Å². The number of halogens is 1. The molecule has 130 valence electrons. The van der Waals surface area contributed by atoms with Crippen molar-refractivity contribution in [2.75, 3.05) is 0 Å². The zero-order valence-corrected chi connectivity index (χ0v) is 14.9. The standard InChI is InChI=1S/C17H18ClN5O2/c1-17(2,3)16-20-14(21-22-16)10-25-15(24)11-8-19-23(9-11)13-6-4-12(18)5-7-13/h4-9H,10H2,1-3H3,(H,20,21,22). The molecule has 0 bridgehead atoms. The predicted octanol–water partition coefficient (Wildman–Crippen LogP) is 3.30. The van der Waals surface area contributed by atoms with Crippen molar-refractivity contribution in [3.05, 3.63) is 58.9 Å². The third kappa shape index (κ3) is 4.06. The van der Waals surface area contributed by atoms with Crippen LogP contribution in [-0.2, 0) is 16.8 Å². The fraction of sp³-hybridized carbons (Fsp3) is 0.294. The SMILES string of the molecule is CC(C)(C)c1n[nH]c(COC(=O)c2cnn(-c3ccc(Cl)cc3)c2)n1. The Morgan fingerprint density at radius 1 is 1.28 bits per heavy atom. The van der Waals surface area contributed by atoms with Gasteiger partial charge in [-0.05, 0) is 24.3 Å². The van der Waals surface area contributed by atoms with Gasteiger partial charge in [0.05, 0.1) is 17.4 Å². The van der Waals surface area contributed by atoms with Crippen molar-refractivity contribution in [3.8, 4) is 5.69 Å². The second-order valence-electron chi connectivity index (χ2n) is 6.58. The van der Waals surface area contributed by atoms with E-state index >= 15 is 0 Å². The number of ether oxygens (including phenoxy) is 1. The van der Waals surface area contributed by atoms with Crippen molar-refractivity contribution in [1.82, 2.24) is 25.0 Å². The van der Waals surface area contributed by atoms with E-state index in [4.69, 9.17) is 16.3 Å². The molecule has 1 N–H and O–H groups in total. The van der Waals surface area contributed by atoms with Crippen molar-refractivity contribution >= 4 is 17.6 Å². The number of esters is 1. The topological polar surface area (TPSA) is 85.7 Å². The molecule has 7 nitrogen and oxygen atoms in total. The first-order valence-corrected chi connectivity index (χ1v) is 8.10. The molecule has 2 heterocycles. The highest BCUT2D eigenvalue weighted by atomic mass is 35.5. The number of carbonyl (C=O) groups excluding carboxylic acids is 1. The summed E-state index contributed by atoms with van der Waals surface area (Å²) >= 11 is 5.87. The lowest BCUT2D eigenvalue weighted by atomic mass is 9.96. The largest absolute Gasteiger partial charge is 0.454 e. The van der Waals surface area contributed by atoms with Crippen molar-refractivity contribution < 1.29 is 9.53 Å². The number of carbonyl (C=O) groups is 1. The maximum absolute atomic E-state index is 12.2. The average Bonchev–Trinajstić information content (AvgIpc) is 3.22. The van der Waals surface area contributed by atoms with Crippen molar-refractivity contribution in [2.24, 2.45) is 0 Å². The molecule has 0 unspecified atom stereocenters. The van der Waals surface area contributed by atoms with Crippen LogP contribution >= 0.6 is 11.6 Å². The predicted molar refractivity (Wildman–Crippen MR) is 92.8 cm³/mol. The summed E-state index contributed by atoms with van der Waals surface area (Å²) in [5, 5.41) is 11.7. The Hall–Kier alpha value is -2.67.